The molecule has 94 valence electrons. The molecular weight excluding hydrogens is 238 g/mol. The van der Waals surface area contributed by atoms with Gasteiger partial charge in [-0.05, 0) is 23.8 Å². The van der Waals surface area contributed by atoms with Gasteiger partial charge in [0.1, 0.15) is 0 Å². The van der Waals surface area contributed by atoms with Crippen LogP contribution in [0.15, 0.2) is 66.4 Å². The first-order valence-corrected chi connectivity index (χ1v) is 5.88. The van der Waals surface area contributed by atoms with Crippen LogP contribution in [0.25, 0.3) is 6.08 Å². The molecule has 0 spiro atoms. The van der Waals surface area contributed by atoms with Crippen molar-refractivity contribution in [2.24, 2.45) is 0 Å². The predicted molar refractivity (Wildman–Crippen MR) is 74.4 cm³/mol. The van der Waals surface area contributed by atoms with Gasteiger partial charge in [0.15, 0.2) is 6.29 Å². The van der Waals surface area contributed by atoms with Gasteiger partial charge in [0, 0.05) is 5.56 Å². The van der Waals surface area contributed by atoms with Crippen molar-refractivity contribution in [2.75, 3.05) is 0 Å². The van der Waals surface area contributed by atoms with Gasteiger partial charge in [-0.3, -0.25) is 9.59 Å². The third-order valence-electron chi connectivity index (χ3n) is 2.54. The number of allylic oxidation sites excluding steroid dienone is 1. The van der Waals surface area contributed by atoms with Crippen molar-refractivity contribution in [3.05, 3.63) is 77.5 Å². The first-order valence-electron chi connectivity index (χ1n) is 5.88. The third-order valence-corrected chi connectivity index (χ3v) is 2.54. The Morgan fingerprint density at radius 1 is 0.895 bits per heavy atom. The molecule has 0 saturated carbocycles. The molecule has 0 aromatic heterocycles. The molecule has 3 nitrogen and oxygen atoms in total. The Balaban J connectivity index is 2.14. The van der Waals surface area contributed by atoms with E-state index in [2.05, 4.69) is 5.32 Å². The lowest BCUT2D eigenvalue weighted by molar-refractivity contribution is -0.105. The number of hydrogen-bond donors (Lipinski definition) is 1. The summed E-state index contributed by atoms with van der Waals surface area (Å²) in [6.07, 6.45) is 2.27. The average Bonchev–Trinajstić information content (AvgIpc) is 2.48. The second-order valence-corrected chi connectivity index (χ2v) is 3.95. The lowest BCUT2D eigenvalue weighted by Crippen LogP contribution is -2.23. The molecule has 0 radical (unpaired) electrons. The molecule has 2 rings (SSSR count). The summed E-state index contributed by atoms with van der Waals surface area (Å²) in [4.78, 5) is 22.9. The zero-order chi connectivity index (χ0) is 13.5. The van der Waals surface area contributed by atoms with E-state index >= 15 is 0 Å². The number of carbonyl (C=O) groups excluding carboxylic acids is 2. The first-order chi connectivity index (χ1) is 9.29. The normalized spacial score (nSPS) is 10.8. The van der Waals surface area contributed by atoms with Crippen LogP contribution in [-0.4, -0.2) is 12.2 Å². The molecule has 0 fully saturated rings. The maximum absolute atomic E-state index is 11.9. The van der Waals surface area contributed by atoms with E-state index in [9.17, 15) is 9.59 Å². The van der Waals surface area contributed by atoms with Gasteiger partial charge in [0.25, 0.3) is 5.91 Å². The average molecular weight is 251 g/mol. The van der Waals surface area contributed by atoms with Crippen molar-refractivity contribution in [1.29, 1.82) is 0 Å². The van der Waals surface area contributed by atoms with Crippen molar-refractivity contribution >= 4 is 18.3 Å². The Labute approximate surface area is 111 Å². The minimum absolute atomic E-state index is 0.236. The monoisotopic (exact) mass is 251 g/mol. The Morgan fingerprint density at radius 3 is 2.05 bits per heavy atom. The van der Waals surface area contributed by atoms with Gasteiger partial charge >= 0.3 is 0 Å². The highest BCUT2D eigenvalue weighted by molar-refractivity contribution is 5.99. The number of hydrogen-bond acceptors (Lipinski definition) is 2. The first kappa shape index (κ1) is 12.8. The van der Waals surface area contributed by atoms with Crippen LogP contribution in [-0.2, 0) is 4.79 Å². The van der Waals surface area contributed by atoms with Crippen LogP contribution in [0.3, 0.4) is 0 Å². The van der Waals surface area contributed by atoms with Gasteiger partial charge in [-0.1, -0.05) is 48.5 Å². The summed E-state index contributed by atoms with van der Waals surface area (Å²) in [6, 6.07) is 18.1. The Bertz CT molecular complexity index is 589. The minimum atomic E-state index is -0.296. The quantitative estimate of drug-likeness (QED) is 0.670. The summed E-state index contributed by atoms with van der Waals surface area (Å²) in [7, 11) is 0. The Kier molecular flexibility index (Phi) is 4.24. The molecule has 0 atom stereocenters. The molecule has 3 heteroatoms. The summed E-state index contributed by atoms with van der Waals surface area (Å²) in [5, 5.41) is 2.59. The molecule has 1 amide bonds. The zero-order valence-corrected chi connectivity index (χ0v) is 10.2. The van der Waals surface area contributed by atoms with E-state index in [0.717, 1.165) is 5.56 Å². The van der Waals surface area contributed by atoms with E-state index in [0.29, 0.717) is 11.8 Å². The van der Waals surface area contributed by atoms with Crippen LogP contribution >= 0.6 is 0 Å². The van der Waals surface area contributed by atoms with E-state index in [-0.39, 0.29) is 11.6 Å². The van der Waals surface area contributed by atoms with Crippen molar-refractivity contribution < 1.29 is 9.59 Å². The minimum Gasteiger partial charge on any atom is -0.319 e. The van der Waals surface area contributed by atoms with E-state index in [1.165, 1.54) is 0 Å². The molecule has 19 heavy (non-hydrogen) atoms. The van der Waals surface area contributed by atoms with Gasteiger partial charge in [-0.15, -0.1) is 0 Å². The second kappa shape index (κ2) is 6.31. The van der Waals surface area contributed by atoms with Crippen LogP contribution in [0.5, 0.6) is 0 Å². The lowest BCUT2D eigenvalue weighted by atomic mass is 10.2. The molecule has 0 aliphatic rings. The number of carbonyl (C=O) groups is 2. The van der Waals surface area contributed by atoms with Crippen molar-refractivity contribution in [3.63, 3.8) is 0 Å². The van der Waals surface area contributed by atoms with Gasteiger partial charge in [0.2, 0.25) is 0 Å². The molecule has 0 unspecified atom stereocenters. The molecule has 1 N–H and O–H groups in total. The number of amides is 1. The van der Waals surface area contributed by atoms with Crippen LogP contribution in [0.2, 0.25) is 0 Å². The smallest absolute Gasteiger partial charge is 0.255 e. The fraction of sp³-hybridized carbons (Fsp3) is 0. The van der Waals surface area contributed by atoms with E-state index in [1.54, 1.807) is 30.3 Å². The summed E-state index contributed by atoms with van der Waals surface area (Å²) in [6.45, 7) is 0. The highest BCUT2D eigenvalue weighted by atomic mass is 16.2. The zero-order valence-electron chi connectivity index (χ0n) is 10.2. The Hall–Kier alpha value is -2.68. The van der Waals surface area contributed by atoms with Crippen LogP contribution in [0, 0.1) is 0 Å². The third kappa shape index (κ3) is 3.64. The van der Waals surface area contributed by atoms with Crippen LogP contribution in [0.1, 0.15) is 15.9 Å². The molecular formula is C16H13NO2. The fourth-order valence-electron chi connectivity index (χ4n) is 1.62. The van der Waals surface area contributed by atoms with Crippen molar-refractivity contribution in [1.82, 2.24) is 5.32 Å². The molecule has 0 saturated heterocycles. The fourth-order valence-corrected chi connectivity index (χ4v) is 1.62. The van der Waals surface area contributed by atoms with Gasteiger partial charge in [-0.25, -0.2) is 0 Å². The van der Waals surface area contributed by atoms with Crippen LogP contribution < -0.4 is 5.32 Å². The molecule has 0 bridgehead atoms. The summed E-state index contributed by atoms with van der Waals surface area (Å²) >= 11 is 0. The molecule has 2 aromatic carbocycles. The number of aldehydes is 1. The largest absolute Gasteiger partial charge is 0.319 e. The highest BCUT2D eigenvalue weighted by Gasteiger charge is 2.06. The van der Waals surface area contributed by atoms with Gasteiger partial charge in [0.05, 0.1) is 5.70 Å². The Morgan fingerprint density at radius 2 is 1.47 bits per heavy atom. The SMILES string of the molecule is O=C/C(=C\c1ccccc1)NC(=O)c1ccccc1. The lowest BCUT2D eigenvalue weighted by Gasteiger charge is -2.04. The predicted octanol–water partition coefficient (Wildman–Crippen LogP) is 2.66. The standard InChI is InChI=1S/C16H13NO2/c18-12-15(11-13-7-3-1-4-8-13)17-16(19)14-9-5-2-6-10-14/h1-12H,(H,17,19)/b15-11+. The molecule has 2 aromatic rings. The number of rotatable bonds is 4. The maximum Gasteiger partial charge on any atom is 0.255 e. The van der Waals surface area contributed by atoms with E-state index in [1.807, 2.05) is 36.4 Å². The highest BCUT2D eigenvalue weighted by Crippen LogP contribution is 2.05. The summed E-state index contributed by atoms with van der Waals surface area (Å²) < 4.78 is 0. The van der Waals surface area contributed by atoms with E-state index in [4.69, 9.17) is 0 Å². The van der Waals surface area contributed by atoms with Gasteiger partial charge < -0.3 is 5.32 Å². The molecule has 0 aliphatic heterocycles. The van der Waals surface area contributed by atoms with Crippen molar-refractivity contribution in [2.45, 2.75) is 0 Å². The van der Waals surface area contributed by atoms with Crippen molar-refractivity contribution in [3.8, 4) is 0 Å². The van der Waals surface area contributed by atoms with Crippen LogP contribution in [0.4, 0.5) is 0 Å². The molecule has 0 heterocycles. The summed E-state index contributed by atoms with van der Waals surface area (Å²) in [5.41, 5.74) is 1.61. The molecule has 0 aliphatic carbocycles. The number of benzene rings is 2. The number of nitrogens with one attached hydrogen (secondary N) is 1. The maximum atomic E-state index is 11.9. The topological polar surface area (TPSA) is 46.2 Å². The van der Waals surface area contributed by atoms with E-state index < -0.39 is 0 Å². The summed E-state index contributed by atoms with van der Waals surface area (Å²) in [5.74, 6) is -0.296. The van der Waals surface area contributed by atoms with Gasteiger partial charge in [-0.2, -0.15) is 0 Å². The second-order valence-electron chi connectivity index (χ2n) is 3.95.